The molecule has 0 radical (unpaired) electrons. The van der Waals surface area contributed by atoms with Gasteiger partial charge in [0.05, 0.1) is 29.3 Å². The lowest BCUT2D eigenvalue weighted by Gasteiger charge is -1.98. The molecule has 5 aromatic rings. The molecule has 0 aliphatic rings. The minimum absolute atomic E-state index is 0. The Morgan fingerprint density at radius 2 is 2.00 bits per heavy atom. The first-order valence-corrected chi connectivity index (χ1v) is 7.61. The van der Waals surface area contributed by atoms with E-state index >= 15 is 0 Å². The minimum Gasteiger partial charge on any atom is -0.334 e. The van der Waals surface area contributed by atoms with Crippen LogP contribution in [0.25, 0.3) is 33.5 Å². The van der Waals surface area contributed by atoms with E-state index < -0.39 is 0 Å². The van der Waals surface area contributed by atoms with E-state index in [1.165, 1.54) is 0 Å². The molecule has 5 rings (SSSR count). The van der Waals surface area contributed by atoms with Crippen LogP contribution in [0.1, 0.15) is 5.69 Å². The van der Waals surface area contributed by atoms with Crippen LogP contribution in [0.5, 0.6) is 0 Å². The highest BCUT2D eigenvalue weighted by molar-refractivity contribution is 6.09. The van der Waals surface area contributed by atoms with Gasteiger partial charge in [-0.2, -0.15) is 0 Å². The Balaban J connectivity index is 0.00000157. The fourth-order valence-electron chi connectivity index (χ4n) is 3.32. The van der Waals surface area contributed by atoms with Crippen molar-refractivity contribution in [1.82, 2.24) is 23.9 Å². The van der Waals surface area contributed by atoms with Gasteiger partial charge < -0.3 is 9.55 Å². The number of aromatic nitrogens is 5. The Hall–Kier alpha value is -3.12. The molecule has 25 heavy (non-hydrogen) atoms. The summed E-state index contributed by atoms with van der Waals surface area (Å²) in [5.74, 6) is 0. The summed E-state index contributed by atoms with van der Waals surface area (Å²) >= 11 is 0. The highest BCUT2D eigenvalue weighted by atomic mass is 35.5. The second-order valence-corrected chi connectivity index (χ2v) is 5.83. The molecule has 0 fully saturated rings. The Morgan fingerprint density at radius 3 is 2.76 bits per heavy atom. The number of imidazole rings is 2. The lowest BCUT2D eigenvalue weighted by molar-refractivity contribution is 0.902. The van der Waals surface area contributed by atoms with Crippen molar-refractivity contribution in [2.75, 3.05) is 0 Å². The summed E-state index contributed by atoms with van der Waals surface area (Å²) in [5, 5.41) is 3.16. The van der Waals surface area contributed by atoms with Gasteiger partial charge in [0.2, 0.25) is 5.65 Å². The van der Waals surface area contributed by atoms with E-state index in [1.807, 2.05) is 46.6 Å². The van der Waals surface area contributed by atoms with E-state index in [4.69, 9.17) is 0 Å². The van der Waals surface area contributed by atoms with Crippen LogP contribution in [-0.4, -0.2) is 23.9 Å². The predicted molar refractivity (Wildman–Crippen MR) is 100 cm³/mol. The maximum absolute atomic E-state index is 12.3. The molecule has 0 saturated carbocycles. The molecule has 1 N–H and O–H groups in total. The first-order valence-electron chi connectivity index (χ1n) is 7.61. The van der Waals surface area contributed by atoms with E-state index in [0.29, 0.717) is 5.65 Å². The van der Waals surface area contributed by atoms with Crippen molar-refractivity contribution in [3.8, 4) is 0 Å². The maximum Gasteiger partial charge on any atom is 0.292 e. The van der Waals surface area contributed by atoms with Crippen molar-refractivity contribution in [3.05, 3.63) is 70.4 Å². The molecule has 3 aromatic heterocycles. The Bertz CT molecular complexity index is 1340. The lowest BCUT2D eigenvalue weighted by atomic mass is 10.2. The molecule has 0 amide bonds. The second kappa shape index (κ2) is 5.46. The Kier molecular flexibility index (Phi) is 3.36. The van der Waals surface area contributed by atoms with E-state index in [9.17, 15) is 4.79 Å². The zero-order valence-electron chi connectivity index (χ0n) is 13.3. The van der Waals surface area contributed by atoms with Crippen LogP contribution in [0.3, 0.4) is 0 Å². The molecule has 3 heterocycles. The van der Waals surface area contributed by atoms with Gasteiger partial charge in [0, 0.05) is 30.0 Å². The van der Waals surface area contributed by atoms with Crippen LogP contribution in [0, 0.1) is 0 Å². The molecule has 0 bridgehead atoms. The number of aryl methyl sites for hydroxylation is 1. The summed E-state index contributed by atoms with van der Waals surface area (Å²) in [4.78, 5) is 23.7. The van der Waals surface area contributed by atoms with Crippen LogP contribution in [0.4, 0.5) is 0 Å². The summed E-state index contributed by atoms with van der Waals surface area (Å²) < 4.78 is 3.82. The fraction of sp³-hybridized carbons (Fsp3) is 0.0556. The molecule has 0 saturated heterocycles. The number of benzene rings is 1. The number of nitrogens with one attached hydrogen (secondary N) is 1. The summed E-state index contributed by atoms with van der Waals surface area (Å²) in [6.07, 6.45) is 9.16. The van der Waals surface area contributed by atoms with Crippen molar-refractivity contribution >= 4 is 45.9 Å². The predicted octanol–water partition coefficient (Wildman–Crippen LogP) is 2.03. The average Bonchev–Trinajstić information content (AvgIpc) is 3.28. The van der Waals surface area contributed by atoms with Crippen LogP contribution < -0.4 is 10.8 Å². The molecule has 0 spiro atoms. The first-order chi connectivity index (χ1) is 11.7. The fourth-order valence-corrected chi connectivity index (χ4v) is 3.32. The molecule has 7 heteroatoms. The highest BCUT2D eigenvalue weighted by Gasteiger charge is 2.13. The van der Waals surface area contributed by atoms with E-state index in [2.05, 4.69) is 27.1 Å². The van der Waals surface area contributed by atoms with Crippen LogP contribution >= 0.6 is 12.4 Å². The van der Waals surface area contributed by atoms with Gasteiger partial charge in [-0.15, -0.1) is 12.4 Å². The third-order valence-electron chi connectivity index (χ3n) is 4.45. The summed E-state index contributed by atoms with van der Waals surface area (Å²) in [6, 6.07) is 8.08. The molecule has 0 aliphatic carbocycles. The SMILES string of the molecule is Cl.Cn1cncc1/C=c1\c2ccccc2c2[nH]c(=O)c3nccn3c12. The molecule has 2 aromatic carbocycles. The summed E-state index contributed by atoms with van der Waals surface area (Å²) in [7, 11) is 1.96. The third kappa shape index (κ3) is 2.08. The van der Waals surface area contributed by atoms with Gasteiger partial charge in [0.25, 0.3) is 5.56 Å². The number of rotatable bonds is 1. The molecule has 6 nitrogen and oxygen atoms in total. The second-order valence-electron chi connectivity index (χ2n) is 5.83. The number of nitrogens with zero attached hydrogens (tertiary/aromatic N) is 4. The largest absolute Gasteiger partial charge is 0.334 e. The molecular formula is C18H14ClN5O. The van der Waals surface area contributed by atoms with Gasteiger partial charge >= 0.3 is 0 Å². The maximum atomic E-state index is 12.3. The van der Waals surface area contributed by atoms with Crippen molar-refractivity contribution in [3.63, 3.8) is 0 Å². The highest BCUT2D eigenvalue weighted by Crippen LogP contribution is 2.22. The van der Waals surface area contributed by atoms with E-state index in [0.717, 1.165) is 32.7 Å². The Labute approximate surface area is 147 Å². The molecule has 0 unspecified atom stereocenters. The third-order valence-corrected chi connectivity index (χ3v) is 4.45. The zero-order chi connectivity index (χ0) is 16.3. The van der Waals surface area contributed by atoms with Gasteiger partial charge in [0.15, 0.2) is 0 Å². The van der Waals surface area contributed by atoms with Crippen LogP contribution in [0.15, 0.2) is 54.0 Å². The molecular weight excluding hydrogens is 338 g/mol. The van der Waals surface area contributed by atoms with E-state index in [-0.39, 0.29) is 18.0 Å². The minimum atomic E-state index is -0.185. The summed E-state index contributed by atoms with van der Waals surface area (Å²) in [5.41, 5.74) is 2.99. The normalized spacial score (nSPS) is 12.3. The topological polar surface area (TPSA) is 68.0 Å². The number of fused-ring (bicyclic) bond motifs is 5. The number of H-pyrrole nitrogens is 1. The summed E-state index contributed by atoms with van der Waals surface area (Å²) in [6.45, 7) is 0. The number of halogens is 1. The smallest absolute Gasteiger partial charge is 0.292 e. The standard InChI is InChI=1S/C18H13N5O.ClH/c1-22-10-19-9-11(22)8-14-12-4-2-3-5-13(12)15-16(14)23-7-6-20-17(23)18(24)21-15;/h2-10H,1H3,(H,21,24);1H/b14-8+;. The van der Waals surface area contributed by atoms with Crippen molar-refractivity contribution in [2.45, 2.75) is 0 Å². The molecule has 0 atom stereocenters. The zero-order valence-corrected chi connectivity index (χ0v) is 14.1. The number of aromatic amines is 1. The van der Waals surface area contributed by atoms with Gasteiger partial charge in [-0.05, 0) is 11.5 Å². The first kappa shape index (κ1) is 15.4. The van der Waals surface area contributed by atoms with Crippen molar-refractivity contribution in [2.24, 2.45) is 7.05 Å². The number of hydrogen-bond acceptors (Lipinski definition) is 3. The van der Waals surface area contributed by atoms with Gasteiger partial charge in [-0.25, -0.2) is 9.97 Å². The van der Waals surface area contributed by atoms with E-state index in [1.54, 1.807) is 12.5 Å². The average molecular weight is 352 g/mol. The van der Waals surface area contributed by atoms with Crippen molar-refractivity contribution < 1.29 is 0 Å². The quantitative estimate of drug-likeness (QED) is 0.502. The monoisotopic (exact) mass is 351 g/mol. The Morgan fingerprint density at radius 1 is 1.20 bits per heavy atom. The van der Waals surface area contributed by atoms with Gasteiger partial charge in [-0.3, -0.25) is 9.20 Å². The molecule has 0 aliphatic heterocycles. The van der Waals surface area contributed by atoms with Crippen LogP contribution in [0.2, 0.25) is 0 Å². The van der Waals surface area contributed by atoms with Gasteiger partial charge in [-0.1, -0.05) is 24.3 Å². The van der Waals surface area contributed by atoms with Crippen LogP contribution in [-0.2, 0) is 7.05 Å². The van der Waals surface area contributed by atoms with Gasteiger partial charge in [0.1, 0.15) is 0 Å². The number of hydrogen-bond donors (Lipinski definition) is 1. The lowest BCUT2D eigenvalue weighted by Crippen LogP contribution is -2.13. The molecule has 124 valence electrons. The van der Waals surface area contributed by atoms with Crippen molar-refractivity contribution in [1.29, 1.82) is 0 Å².